The van der Waals surface area contributed by atoms with Gasteiger partial charge in [0.25, 0.3) is 11.8 Å². The highest BCUT2D eigenvalue weighted by Crippen LogP contribution is 2.18. The van der Waals surface area contributed by atoms with Gasteiger partial charge in [0.15, 0.2) is 0 Å². The number of amides is 2. The average Bonchev–Trinajstić information content (AvgIpc) is 3.19. The van der Waals surface area contributed by atoms with Gasteiger partial charge in [-0.25, -0.2) is 4.98 Å². The minimum Gasteiger partial charge on any atom is -0.346 e. The highest BCUT2D eigenvalue weighted by Gasteiger charge is 2.12. The summed E-state index contributed by atoms with van der Waals surface area (Å²) in [5.41, 5.74) is 5.24. The third-order valence-corrected chi connectivity index (χ3v) is 4.96. The van der Waals surface area contributed by atoms with E-state index in [9.17, 15) is 9.59 Å². The number of carbonyl (C=O) groups excluding carboxylic acids is 2. The fourth-order valence-electron chi connectivity index (χ4n) is 3.24. The Bertz CT molecular complexity index is 1230. The number of rotatable bonds is 5. The van der Waals surface area contributed by atoms with Gasteiger partial charge < -0.3 is 15.0 Å². The zero-order valence-electron chi connectivity index (χ0n) is 16.8. The number of aromatic nitrogens is 2. The molecule has 30 heavy (non-hydrogen) atoms. The number of hydrogen-bond acceptors (Lipinski definition) is 3. The molecule has 2 amide bonds. The first-order chi connectivity index (χ1) is 14.5. The fourth-order valence-corrected chi connectivity index (χ4v) is 3.24. The summed E-state index contributed by atoms with van der Waals surface area (Å²) in [6, 6.07) is 20.1. The molecule has 4 aromatic rings. The number of hydrogen-bond donors (Lipinski definition) is 2. The number of nitrogens with one attached hydrogen (secondary N) is 2. The van der Waals surface area contributed by atoms with Crippen molar-refractivity contribution in [3.63, 3.8) is 0 Å². The molecule has 2 heterocycles. The molecule has 0 saturated heterocycles. The highest BCUT2D eigenvalue weighted by molar-refractivity contribution is 6.05. The van der Waals surface area contributed by atoms with Gasteiger partial charge >= 0.3 is 0 Å². The Morgan fingerprint density at radius 1 is 0.900 bits per heavy atom. The van der Waals surface area contributed by atoms with E-state index in [4.69, 9.17) is 0 Å². The zero-order valence-corrected chi connectivity index (χ0v) is 16.8. The van der Waals surface area contributed by atoms with Crippen molar-refractivity contribution >= 4 is 23.1 Å². The number of benzene rings is 2. The van der Waals surface area contributed by atoms with Crippen LogP contribution in [-0.4, -0.2) is 21.2 Å². The molecular weight excluding hydrogens is 376 g/mol. The molecule has 4 rings (SSSR count). The van der Waals surface area contributed by atoms with Gasteiger partial charge in [0, 0.05) is 28.7 Å². The number of pyridine rings is 1. The molecule has 6 heteroatoms. The predicted molar refractivity (Wildman–Crippen MR) is 117 cm³/mol. The van der Waals surface area contributed by atoms with Crippen molar-refractivity contribution in [2.24, 2.45) is 0 Å². The SMILES string of the molecule is Cc1ccc(C(=O)NCc2cn3c(C)cccc3n2)cc1NC(=O)c1ccccc1. The van der Waals surface area contributed by atoms with E-state index in [1.165, 1.54) is 0 Å². The molecule has 0 aliphatic carbocycles. The fraction of sp³-hybridized carbons (Fsp3) is 0.125. The third-order valence-electron chi connectivity index (χ3n) is 4.96. The van der Waals surface area contributed by atoms with Crippen LogP contribution < -0.4 is 10.6 Å². The van der Waals surface area contributed by atoms with Gasteiger partial charge in [-0.2, -0.15) is 0 Å². The standard InChI is InChI=1S/C24H22N4O2/c1-16-11-12-19(13-21(16)27-24(30)18-8-4-3-5-9-18)23(29)25-14-20-15-28-17(2)7-6-10-22(28)26-20/h3-13,15H,14H2,1-2H3,(H,25,29)(H,27,30). The normalized spacial score (nSPS) is 10.7. The first kappa shape index (κ1) is 19.4. The van der Waals surface area contributed by atoms with Gasteiger partial charge in [0.2, 0.25) is 0 Å². The van der Waals surface area contributed by atoms with E-state index >= 15 is 0 Å². The van der Waals surface area contributed by atoms with E-state index in [0.717, 1.165) is 22.6 Å². The Kier molecular flexibility index (Phi) is 5.30. The summed E-state index contributed by atoms with van der Waals surface area (Å²) in [4.78, 5) is 29.6. The molecule has 2 N–H and O–H groups in total. The average molecular weight is 398 g/mol. The van der Waals surface area contributed by atoms with Crippen molar-refractivity contribution in [3.8, 4) is 0 Å². The van der Waals surface area contributed by atoms with E-state index in [2.05, 4.69) is 15.6 Å². The molecule has 2 aromatic heterocycles. The zero-order chi connectivity index (χ0) is 21.1. The van der Waals surface area contributed by atoms with E-state index in [0.29, 0.717) is 23.4 Å². The third kappa shape index (κ3) is 4.07. The summed E-state index contributed by atoms with van der Waals surface area (Å²) < 4.78 is 1.99. The maximum atomic E-state index is 12.7. The molecule has 0 unspecified atom stereocenters. The molecule has 0 radical (unpaired) electrons. The van der Waals surface area contributed by atoms with Crippen molar-refractivity contribution in [2.75, 3.05) is 5.32 Å². The first-order valence-corrected chi connectivity index (χ1v) is 9.70. The Balaban J connectivity index is 1.46. The summed E-state index contributed by atoms with van der Waals surface area (Å²) in [6.45, 7) is 4.22. The largest absolute Gasteiger partial charge is 0.346 e. The number of anilines is 1. The Morgan fingerprint density at radius 3 is 2.47 bits per heavy atom. The van der Waals surface area contributed by atoms with Crippen LogP contribution in [0.25, 0.3) is 5.65 Å². The number of fused-ring (bicyclic) bond motifs is 1. The second-order valence-corrected chi connectivity index (χ2v) is 7.16. The van der Waals surface area contributed by atoms with Gasteiger partial charge in [-0.3, -0.25) is 9.59 Å². The molecule has 0 fully saturated rings. The Morgan fingerprint density at radius 2 is 1.70 bits per heavy atom. The van der Waals surface area contributed by atoms with E-state index in [1.54, 1.807) is 24.3 Å². The number of imidazole rings is 1. The van der Waals surface area contributed by atoms with Crippen LogP contribution in [0.4, 0.5) is 5.69 Å². The molecule has 0 aliphatic rings. The molecule has 0 spiro atoms. The van der Waals surface area contributed by atoms with Crippen LogP contribution in [0.15, 0.2) is 72.9 Å². The van der Waals surface area contributed by atoms with Crippen molar-refractivity contribution in [2.45, 2.75) is 20.4 Å². The lowest BCUT2D eigenvalue weighted by atomic mass is 10.1. The van der Waals surface area contributed by atoms with Crippen molar-refractivity contribution in [3.05, 3.63) is 101 Å². The minimum atomic E-state index is -0.223. The van der Waals surface area contributed by atoms with Crippen LogP contribution in [-0.2, 0) is 6.54 Å². The lowest BCUT2D eigenvalue weighted by Gasteiger charge is -2.11. The van der Waals surface area contributed by atoms with E-state index in [-0.39, 0.29) is 11.8 Å². The smallest absolute Gasteiger partial charge is 0.255 e. The number of carbonyl (C=O) groups is 2. The topological polar surface area (TPSA) is 75.5 Å². The molecule has 0 bridgehead atoms. The molecule has 0 aliphatic heterocycles. The number of nitrogens with zero attached hydrogens (tertiary/aromatic N) is 2. The van der Waals surface area contributed by atoms with E-state index < -0.39 is 0 Å². The van der Waals surface area contributed by atoms with Crippen LogP contribution in [0.3, 0.4) is 0 Å². The first-order valence-electron chi connectivity index (χ1n) is 9.70. The van der Waals surface area contributed by atoms with E-state index in [1.807, 2.05) is 66.9 Å². The lowest BCUT2D eigenvalue weighted by molar-refractivity contribution is 0.0949. The summed E-state index contributed by atoms with van der Waals surface area (Å²) in [5.74, 6) is -0.435. The summed E-state index contributed by atoms with van der Waals surface area (Å²) in [6.07, 6.45) is 1.92. The molecule has 0 saturated carbocycles. The summed E-state index contributed by atoms with van der Waals surface area (Å²) in [5, 5.41) is 5.78. The number of aryl methyl sites for hydroxylation is 2. The predicted octanol–water partition coefficient (Wildman–Crippen LogP) is 4.13. The maximum Gasteiger partial charge on any atom is 0.255 e. The summed E-state index contributed by atoms with van der Waals surface area (Å²) >= 11 is 0. The van der Waals surface area contributed by atoms with Gasteiger partial charge in [-0.1, -0.05) is 30.3 Å². The molecule has 0 atom stereocenters. The van der Waals surface area contributed by atoms with Crippen LogP contribution in [0.2, 0.25) is 0 Å². The van der Waals surface area contributed by atoms with Crippen molar-refractivity contribution in [1.29, 1.82) is 0 Å². The molecular formula is C24H22N4O2. The van der Waals surface area contributed by atoms with Crippen LogP contribution >= 0.6 is 0 Å². The second kappa shape index (κ2) is 8.21. The van der Waals surface area contributed by atoms with Gasteiger partial charge in [0.1, 0.15) is 5.65 Å². The monoisotopic (exact) mass is 398 g/mol. The molecule has 2 aromatic carbocycles. The van der Waals surface area contributed by atoms with Crippen LogP contribution in [0, 0.1) is 13.8 Å². The highest BCUT2D eigenvalue weighted by atomic mass is 16.2. The van der Waals surface area contributed by atoms with Gasteiger partial charge in [-0.05, 0) is 55.8 Å². The minimum absolute atomic E-state index is 0.212. The Hall–Kier alpha value is -3.93. The molecule has 6 nitrogen and oxygen atoms in total. The van der Waals surface area contributed by atoms with Crippen LogP contribution in [0.5, 0.6) is 0 Å². The quantitative estimate of drug-likeness (QED) is 0.531. The van der Waals surface area contributed by atoms with Crippen molar-refractivity contribution in [1.82, 2.24) is 14.7 Å². The van der Waals surface area contributed by atoms with Gasteiger partial charge in [-0.15, -0.1) is 0 Å². The van der Waals surface area contributed by atoms with Gasteiger partial charge in [0.05, 0.1) is 12.2 Å². The second-order valence-electron chi connectivity index (χ2n) is 7.16. The maximum absolute atomic E-state index is 12.7. The lowest BCUT2D eigenvalue weighted by Crippen LogP contribution is -2.23. The van der Waals surface area contributed by atoms with Crippen molar-refractivity contribution < 1.29 is 9.59 Å². The molecule has 150 valence electrons. The Labute approximate surface area is 174 Å². The summed E-state index contributed by atoms with van der Waals surface area (Å²) in [7, 11) is 0. The van der Waals surface area contributed by atoms with Crippen LogP contribution in [0.1, 0.15) is 37.7 Å².